The summed E-state index contributed by atoms with van der Waals surface area (Å²) in [4.78, 5) is 23.1. The molecule has 0 saturated heterocycles. The van der Waals surface area contributed by atoms with Gasteiger partial charge in [-0.3, -0.25) is 13.8 Å². The van der Waals surface area contributed by atoms with Crippen LogP contribution in [0.3, 0.4) is 0 Å². The van der Waals surface area contributed by atoms with E-state index in [4.69, 9.17) is 18.5 Å². The number of rotatable bonds is 40. The Bertz CT molecular complexity index is 1130. The number of carbonyl (C=O) groups is 1. The average Bonchev–Trinajstić information content (AvgIpc) is 3.23. The Morgan fingerprint density at radius 2 is 0.933 bits per heavy atom. The van der Waals surface area contributed by atoms with Crippen molar-refractivity contribution in [3.05, 3.63) is 36.5 Å². The van der Waals surface area contributed by atoms with Crippen LogP contribution < -0.4 is 0 Å². The molecule has 6 unspecified atom stereocenters. The van der Waals surface area contributed by atoms with Crippen molar-refractivity contribution in [2.24, 2.45) is 0 Å². The molecule has 0 amide bonds. The third kappa shape index (κ3) is 29.8. The molecule has 352 valence electrons. The molecule has 0 heterocycles. The van der Waals surface area contributed by atoms with Gasteiger partial charge in [0.15, 0.2) is 0 Å². The van der Waals surface area contributed by atoms with Gasteiger partial charge in [-0.2, -0.15) is 0 Å². The molecule has 1 saturated carbocycles. The Morgan fingerprint density at radius 3 is 1.45 bits per heavy atom. The first kappa shape index (κ1) is 56.6. The number of aliphatic hydroxyl groups excluding tert-OH is 5. The van der Waals surface area contributed by atoms with Crippen molar-refractivity contribution < 1.29 is 58.3 Å². The van der Waals surface area contributed by atoms with Gasteiger partial charge in [0.25, 0.3) is 0 Å². The second-order valence-corrected chi connectivity index (χ2v) is 18.0. The van der Waals surface area contributed by atoms with Crippen molar-refractivity contribution in [1.29, 1.82) is 0 Å². The summed E-state index contributed by atoms with van der Waals surface area (Å²) >= 11 is 0. The normalized spacial score (nSPS) is 22.6. The lowest BCUT2D eigenvalue weighted by Crippen LogP contribution is -2.64. The largest absolute Gasteiger partial charge is 0.472 e. The van der Waals surface area contributed by atoms with Gasteiger partial charge in [-0.15, -0.1) is 0 Å². The van der Waals surface area contributed by atoms with Crippen LogP contribution in [0.15, 0.2) is 36.5 Å². The molecule has 0 bridgehead atoms. The second kappa shape index (κ2) is 38.1. The van der Waals surface area contributed by atoms with Gasteiger partial charge in [0.1, 0.15) is 42.7 Å². The van der Waals surface area contributed by atoms with E-state index in [0.717, 1.165) is 64.2 Å². The van der Waals surface area contributed by atoms with Crippen LogP contribution >= 0.6 is 7.82 Å². The number of unbranched alkanes of at least 4 members (excludes halogenated alkanes) is 22. The fraction of sp³-hybridized carbons (Fsp3) is 0.851. The highest BCUT2D eigenvalue weighted by molar-refractivity contribution is 7.47. The summed E-state index contributed by atoms with van der Waals surface area (Å²) in [5.74, 6) is -0.480. The second-order valence-electron chi connectivity index (χ2n) is 16.6. The van der Waals surface area contributed by atoms with E-state index >= 15 is 0 Å². The molecule has 1 aliphatic carbocycles. The number of hydrogen-bond acceptors (Lipinski definition) is 11. The highest BCUT2D eigenvalue weighted by Gasteiger charge is 2.51. The molecule has 1 aliphatic rings. The van der Waals surface area contributed by atoms with Gasteiger partial charge in [0, 0.05) is 13.0 Å². The Hall–Kier alpha value is -1.44. The summed E-state index contributed by atoms with van der Waals surface area (Å²) in [6.07, 6.45) is 32.1. The molecule has 0 spiro atoms. The van der Waals surface area contributed by atoms with Crippen LogP contribution in [0, 0.1) is 0 Å². The minimum absolute atomic E-state index is 0.0812. The summed E-state index contributed by atoms with van der Waals surface area (Å²) < 4.78 is 34.2. The smallest absolute Gasteiger partial charge is 0.457 e. The number of phosphoric ester groups is 1. The highest BCUT2D eigenvalue weighted by atomic mass is 31.2. The van der Waals surface area contributed by atoms with E-state index < -0.39 is 63.1 Å². The Labute approximate surface area is 363 Å². The van der Waals surface area contributed by atoms with Crippen molar-refractivity contribution in [1.82, 2.24) is 0 Å². The van der Waals surface area contributed by atoms with Gasteiger partial charge in [0.05, 0.1) is 13.2 Å². The van der Waals surface area contributed by atoms with Crippen molar-refractivity contribution in [2.75, 3.05) is 19.8 Å². The van der Waals surface area contributed by atoms with Gasteiger partial charge in [-0.05, 0) is 51.4 Å². The maximum atomic E-state index is 12.8. The molecule has 0 aromatic heterocycles. The Morgan fingerprint density at radius 1 is 0.533 bits per heavy atom. The van der Waals surface area contributed by atoms with E-state index in [9.17, 15) is 39.8 Å². The predicted molar refractivity (Wildman–Crippen MR) is 239 cm³/mol. The highest BCUT2D eigenvalue weighted by Crippen LogP contribution is 2.47. The van der Waals surface area contributed by atoms with E-state index in [1.165, 1.54) is 103 Å². The molecule has 1 rings (SSSR count). The third-order valence-electron chi connectivity index (χ3n) is 11.0. The van der Waals surface area contributed by atoms with E-state index in [1.807, 2.05) is 0 Å². The van der Waals surface area contributed by atoms with Gasteiger partial charge < -0.3 is 39.9 Å². The Kier molecular flexibility index (Phi) is 35.9. The maximum absolute atomic E-state index is 12.8. The Balaban J connectivity index is 2.37. The number of ether oxygens (including phenoxy) is 2. The van der Waals surface area contributed by atoms with Crippen LogP contribution in [-0.2, 0) is 27.9 Å². The lowest BCUT2D eigenvalue weighted by molar-refractivity contribution is -0.220. The number of phosphoric acid groups is 1. The summed E-state index contributed by atoms with van der Waals surface area (Å²) in [5, 5.41) is 50.2. The van der Waals surface area contributed by atoms with Crippen LogP contribution in [0.25, 0.3) is 0 Å². The first-order valence-corrected chi connectivity index (χ1v) is 25.3. The van der Waals surface area contributed by atoms with Crippen molar-refractivity contribution in [2.45, 2.75) is 236 Å². The molecule has 60 heavy (non-hydrogen) atoms. The van der Waals surface area contributed by atoms with Crippen LogP contribution in [-0.4, -0.2) is 98.9 Å². The quantitative estimate of drug-likeness (QED) is 0.0148. The molecule has 0 aliphatic heterocycles. The molecule has 13 heteroatoms. The predicted octanol–water partition coefficient (Wildman–Crippen LogP) is 9.87. The number of allylic oxidation sites excluding steroid dienone is 6. The monoisotopic (exact) mass is 875 g/mol. The van der Waals surface area contributed by atoms with Crippen molar-refractivity contribution >= 4 is 13.8 Å². The summed E-state index contributed by atoms with van der Waals surface area (Å²) in [6, 6.07) is 0. The van der Waals surface area contributed by atoms with Crippen LogP contribution in [0.4, 0.5) is 0 Å². The SMILES string of the molecule is CCCCC/C=C\C/C=C\C/C=C\CCCCCCCCCOCC(COP(=O)(O)OC1C(O)C(O)C(O)C(O)C1O)OC(=O)CCCCCCCCCCCCCCC. The molecule has 6 atom stereocenters. The van der Waals surface area contributed by atoms with Gasteiger partial charge in [-0.25, -0.2) is 4.57 Å². The minimum Gasteiger partial charge on any atom is -0.457 e. The average molecular weight is 875 g/mol. The molecule has 12 nitrogen and oxygen atoms in total. The molecule has 0 aromatic carbocycles. The molecular formula is C47H87O12P. The molecule has 6 N–H and O–H groups in total. The topological polar surface area (TPSA) is 192 Å². The van der Waals surface area contributed by atoms with Gasteiger partial charge in [0.2, 0.25) is 0 Å². The fourth-order valence-corrected chi connectivity index (χ4v) is 8.16. The third-order valence-corrected chi connectivity index (χ3v) is 12.0. The van der Waals surface area contributed by atoms with Crippen LogP contribution in [0.2, 0.25) is 0 Å². The summed E-state index contributed by atoms with van der Waals surface area (Å²) in [5.41, 5.74) is 0. The molecule has 0 aromatic rings. The first-order chi connectivity index (χ1) is 29.0. The number of hydrogen-bond donors (Lipinski definition) is 6. The van der Waals surface area contributed by atoms with Gasteiger partial charge in [-0.1, -0.05) is 172 Å². The zero-order valence-electron chi connectivity index (χ0n) is 37.5. The van der Waals surface area contributed by atoms with E-state index in [-0.39, 0.29) is 13.0 Å². The lowest BCUT2D eigenvalue weighted by atomic mass is 9.85. The zero-order valence-corrected chi connectivity index (χ0v) is 38.4. The molecule has 1 fully saturated rings. The van der Waals surface area contributed by atoms with E-state index in [0.29, 0.717) is 13.0 Å². The van der Waals surface area contributed by atoms with Crippen molar-refractivity contribution in [3.63, 3.8) is 0 Å². The lowest BCUT2D eigenvalue weighted by Gasteiger charge is -2.41. The summed E-state index contributed by atoms with van der Waals surface area (Å²) in [7, 11) is -5.02. The van der Waals surface area contributed by atoms with E-state index in [2.05, 4.69) is 50.3 Å². The molecular weight excluding hydrogens is 787 g/mol. The fourth-order valence-electron chi connectivity index (χ4n) is 7.19. The van der Waals surface area contributed by atoms with Crippen LogP contribution in [0.1, 0.15) is 194 Å². The van der Waals surface area contributed by atoms with E-state index in [1.54, 1.807) is 0 Å². The number of esters is 1. The standard InChI is InChI=1S/C47H87O12P/c1-3-5-7-9-11-13-15-17-18-19-20-21-22-23-25-27-29-31-33-35-37-56-38-40(39-57-60(54,55)59-47-45(52)43(50)42(49)44(51)46(47)53)58-41(48)36-34-32-30-28-26-24-16-14-12-10-8-6-4-2/h11,13,17-18,20-21,40,42-47,49-53H,3-10,12,14-16,19,22-39H2,1-2H3,(H,54,55)/b13-11-,18-17-,21-20-. The van der Waals surface area contributed by atoms with Crippen molar-refractivity contribution in [3.8, 4) is 0 Å². The minimum atomic E-state index is -5.02. The summed E-state index contributed by atoms with van der Waals surface area (Å²) in [6.45, 7) is 4.22. The molecule has 0 radical (unpaired) electrons. The number of carbonyl (C=O) groups excluding carboxylic acids is 1. The number of aliphatic hydroxyl groups is 5. The zero-order chi connectivity index (χ0) is 44.1. The maximum Gasteiger partial charge on any atom is 0.472 e. The first-order valence-electron chi connectivity index (χ1n) is 23.8. The van der Waals surface area contributed by atoms with Gasteiger partial charge >= 0.3 is 13.8 Å². The van der Waals surface area contributed by atoms with Crippen LogP contribution in [0.5, 0.6) is 0 Å².